The zero-order chi connectivity index (χ0) is 9.68. The molecule has 1 rings (SSSR count). The lowest BCUT2D eigenvalue weighted by Gasteiger charge is -2.22. The summed E-state index contributed by atoms with van der Waals surface area (Å²) in [6.45, 7) is 1.27. The summed E-state index contributed by atoms with van der Waals surface area (Å²) in [6.07, 6.45) is 3.53. The summed E-state index contributed by atoms with van der Waals surface area (Å²) >= 11 is 0. The molecular formula is C9H16N4. The maximum atomic E-state index is 5.73. The van der Waals surface area contributed by atoms with E-state index in [1.807, 2.05) is 19.2 Å². The Balaban J connectivity index is 2.53. The number of anilines is 1. The van der Waals surface area contributed by atoms with Gasteiger partial charge in [0.2, 0.25) is 0 Å². The van der Waals surface area contributed by atoms with Crippen LogP contribution >= 0.6 is 0 Å². The number of hydrogen-bond acceptors (Lipinski definition) is 4. The van der Waals surface area contributed by atoms with Crippen LogP contribution in [0.4, 0.5) is 5.69 Å². The molecule has 0 aliphatic rings. The van der Waals surface area contributed by atoms with E-state index >= 15 is 0 Å². The Bertz CT molecular complexity index is 237. The molecular weight excluding hydrogens is 164 g/mol. The van der Waals surface area contributed by atoms with Gasteiger partial charge in [-0.05, 0) is 12.1 Å². The highest BCUT2D eigenvalue weighted by Gasteiger charge is 2.04. The van der Waals surface area contributed by atoms with Crippen molar-refractivity contribution in [3.8, 4) is 0 Å². The first kappa shape index (κ1) is 9.95. The van der Waals surface area contributed by atoms with Crippen molar-refractivity contribution in [1.29, 1.82) is 0 Å². The molecule has 1 aromatic heterocycles. The lowest BCUT2D eigenvalue weighted by atomic mass is 10.3. The Kier molecular flexibility index (Phi) is 3.67. The predicted octanol–water partition coefficient (Wildman–Crippen LogP) is -0.196. The average molecular weight is 180 g/mol. The first-order chi connectivity index (χ1) is 6.24. The molecule has 4 nitrogen and oxygen atoms in total. The standard InChI is InChI=1S/C9H16N4/c1-13(7-8(11)6-10)9-2-4-12-5-3-9/h2-5,8H,6-7,10-11H2,1H3. The van der Waals surface area contributed by atoms with Crippen molar-refractivity contribution in [1.82, 2.24) is 4.98 Å². The van der Waals surface area contributed by atoms with Crippen LogP contribution in [0.15, 0.2) is 24.5 Å². The van der Waals surface area contributed by atoms with E-state index < -0.39 is 0 Å². The third-order valence-electron chi connectivity index (χ3n) is 1.91. The molecule has 0 saturated carbocycles. The van der Waals surface area contributed by atoms with E-state index in [0.717, 1.165) is 12.2 Å². The molecule has 1 aromatic rings. The third-order valence-corrected chi connectivity index (χ3v) is 1.91. The number of aromatic nitrogens is 1. The highest BCUT2D eigenvalue weighted by Crippen LogP contribution is 2.08. The lowest BCUT2D eigenvalue weighted by molar-refractivity contribution is 0.668. The van der Waals surface area contributed by atoms with Crippen molar-refractivity contribution in [2.24, 2.45) is 11.5 Å². The average Bonchev–Trinajstić information content (AvgIpc) is 2.19. The largest absolute Gasteiger partial charge is 0.373 e. The van der Waals surface area contributed by atoms with Gasteiger partial charge < -0.3 is 16.4 Å². The normalized spacial score (nSPS) is 12.5. The highest BCUT2D eigenvalue weighted by atomic mass is 15.1. The van der Waals surface area contributed by atoms with Gasteiger partial charge in [-0.25, -0.2) is 0 Å². The molecule has 0 fully saturated rings. The van der Waals surface area contributed by atoms with Crippen LogP contribution in [-0.4, -0.2) is 31.2 Å². The number of likely N-dealkylation sites (N-methyl/N-ethyl adjacent to an activating group) is 1. The minimum Gasteiger partial charge on any atom is -0.373 e. The first-order valence-corrected chi connectivity index (χ1v) is 4.31. The highest BCUT2D eigenvalue weighted by molar-refractivity contribution is 5.43. The summed E-state index contributed by atoms with van der Waals surface area (Å²) in [7, 11) is 1.99. The van der Waals surface area contributed by atoms with Gasteiger partial charge in [0.15, 0.2) is 0 Å². The molecule has 0 spiro atoms. The van der Waals surface area contributed by atoms with Gasteiger partial charge in [0.05, 0.1) is 0 Å². The number of nitrogens with zero attached hydrogens (tertiary/aromatic N) is 2. The van der Waals surface area contributed by atoms with E-state index in [-0.39, 0.29) is 6.04 Å². The van der Waals surface area contributed by atoms with Gasteiger partial charge in [-0.3, -0.25) is 4.98 Å². The minimum absolute atomic E-state index is 0.0261. The van der Waals surface area contributed by atoms with Gasteiger partial charge in [-0.15, -0.1) is 0 Å². The van der Waals surface area contributed by atoms with Crippen LogP contribution in [0.1, 0.15) is 0 Å². The van der Waals surface area contributed by atoms with Crippen LogP contribution in [0.25, 0.3) is 0 Å². The van der Waals surface area contributed by atoms with Crippen LogP contribution in [0.3, 0.4) is 0 Å². The van der Waals surface area contributed by atoms with Crippen LogP contribution in [0.5, 0.6) is 0 Å². The molecule has 0 radical (unpaired) electrons. The lowest BCUT2D eigenvalue weighted by Crippen LogP contribution is -2.40. The van der Waals surface area contributed by atoms with E-state index in [4.69, 9.17) is 11.5 Å². The minimum atomic E-state index is 0.0261. The van der Waals surface area contributed by atoms with E-state index in [9.17, 15) is 0 Å². The predicted molar refractivity (Wildman–Crippen MR) is 54.5 cm³/mol. The molecule has 1 atom stereocenters. The fourth-order valence-corrected chi connectivity index (χ4v) is 1.13. The fourth-order valence-electron chi connectivity index (χ4n) is 1.13. The van der Waals surface area contributed by atoms with Gasteiger partial charge in [0.25, 0.3) is 0 Å². The molecule has 1 unspecified atom stereocenters. The van der Waals surface area contributed by atoms with Gasteiger partial charge in [-0.1, -0.05) is 0 Å². The molecule has 0 saturated heterocycles. The summed E-state index contributed by atoms with van der Waals surface area (Å²) < 4.78 is 0. The summed E-state index contributed by atoms with van der Waals surface area (Å²) in [4.78, 5) is 6.01. The summed E-state index contributed by atoms with van der Waals surface area (Å²) in [6, 6.07) is 3.92. The summed E-state index contributed by atoms with van der Waals surface area (Å²) in [5.74, 6) is 0. The second-order valence-electron chi connectivity index (χ2n) is 3.08. The topological polar surface area (TPSA) is 68.2 Å². The summed E-state index contributed by atoms with van der Waals surface area (Å²) in [5.41, 5.74) is 12.3. The maximum absolute atomic E-state index is 5.73. The van der Waals surface area contributed by atoms with Crippen molar-refractivity contribution in [2.75, 3.05) is 25.0 Å². The Morgan fingerprint density at radius 3 is 2.62 bits per heavy atom. The third kappa shape index (κ3) is 3.01. The Morgan fingerprint density at radius 1 is 1.46 bits per heavy atom. The van der Waals surface area contributed by atoms with Gasteiger partial charge in [0, 0.05) is 44.3 Å². The zero-order valence-corrected chi connectivity index (χ0v) is 7.85. The molecule has 0 aliphatic carbocycles. The number of hydrogen-bond donors (Lipinski definition) is 2. The first-order valence-electron chi connectivity index (χ1n) is 4.31. The molecule has 0 aliphatic heterocycles. The zero-order valence-electron chi connectivity index (χ0n) is 7.85. The summed E-state index contributed by atoms with van der Waals surface area (Å²) in [5, 5.41) is 0. The van der Waals surface area contributed by atoms with Crippen molar-refractivity contribution in [2.45, 2.75) is 6.04 Å². The Hall–Kier alpha value is -1.13. The quantitative estimate of drug-likeness (QED) is 0.673. The molecule has 72 valence electrons. The van der Waals surface area contributed by atoms with Gasteiger partial charge in [-0.2, -0.15) is 0 Å². The van der Waals surface area contributed by atoms with Crippen molar-refractivity contribution >= 4 is 5.69 Å². The maximum Gasteiger partial charge on any atom is 0.0395 e. The van der Waals surface area contributed by atoms with Gasteiger partial charge >= 0.3 is 0 Å². The van der Waals surface area contributed by atoms with Crippen molar-refractivity contribution < 1.29 is 0 Å². The molecule has 0 aromatic carbocycles. The van der Waals surface area contributed by atoms with Gasteiger partial charge in [0.1, 0.15) is 0 Å². The van der Waals surface area contributed by atoms with Crippen LogP contribution in [-0.2, 0) is 0 Å². The SMILES string of the molecule is CN(CC(N)CN)c1ccncc1. The number of pyridine rings is 1. The molecule has 4 heteroatoms. The van der Waals surface area contributed by atoms with Crippen molar-refractivity contribution in [3.63, 3.8) is 0 Å². The fraction of sp³-hybridized carbons (Fsp3) is 0.444. The number of nitrogens with two attached hydrogens (primary N) is 2. The molecule has 0 amide bonds. The molecule has 1 heterocycles. The van der Waals surface area contributed by atoms with E-state index in [0.29, 0.717) is 6.54 Å². The van der Waals surface area contributed by atoms with E-state index in [2.05, 4.69) is 9.88 Å². The van der Waals surface area contributed by atoms with E-state index in [1.54, 1.807) is 12.4 Å². The second-order valence-corrected chi connectivity index (χ2v) is 3.08. The molecule has 0 bridgehead atoms. The molecule has 13 heavy (non-hydrogen) atoms. The monoisotopic (exact) mass is 180 g/mol. The van der Waals surface area contributed by atoms with E-state index in [1.165, 1.54) is 0 Å². The Morgan fingerprint density at radius 2 is 2.08 bits per heavy atom. The van der Waals surface area contributed by atoms with Crippen LogP contribution in [0.2, 0.25) is 0 Å². The smallest absolute Gasteiger partial charge is 0.0395 e. The second kappa shape index (κ2) is 4.79. The van der Waals surface area contributed by atoms with Crippen LogP contribution in [0, 0.1) is 0 Å². The van der Waals surface area contributed by atoms with Crippen molar-refractivity contribution in [3.05, 3.63) is 24.5 Å². The Labute approximate surface area is 78.6 Å². The molecule has 4 N–H and O–H groups in total. The number of rotatable bonds is 4. The van der Waals surface area contributed by atoms with Crippen LogP contribution < -0.4 is 16.4 Å².